The number of nitrogens with one attached hydrogen (secondary N) is 1. The third-order valence-corrected chi connectivity index (χ3v) is 1.61. The lowest BCUT2D eigenvalue weighted by Crippen LogP contribution is -1.71. The van der Waals surface area contributed by atoms with Gasteiger partial charge in [0.2, 0.25) is 0 Å². The van der Waals surface area contributed by atoms with E-state index in [2.05, 4.69) is 32.6 Å². The minimum atomic E-state index is 0.970. The fourth-order valence-electron chi connectivity index (χ4n) is 0.504. The van der Waals surface area contributed by atoms with Gasteiger partial charge in [-0.25, -0.2) is 4.98 Å². The Morgan fingerprint density at radius 2 is 2.12 bits per heavy atom. The molecule has 0 aliphatic rings. The molecule has 0 saturated carbocycles. The molecule has 44 valence electrons. The van der Waals surface area contributed by atoms with Crippen molar-refractivity contribution < 1.29 is 0 Å². The summed E-state index contributed by atoms with van der Waals surface area (Å²) < 4.78 is 0.970. The van der Waals surface area contributed by atoms with Crippen molar-refractivity contribution in [2.24, 2.45) is 0 Å². The van der Waals surface area contributed by atoms with E-state index < -0.39 is 0 Å². The van der Waals surface area contributed by atoms with Gasteiger partial charge in [0.25, 0.3) is 0 Å². The molecular weight excluding hydrogens is 215 g/mol. The summed E-state index contributed by atoms with van der Waals surface area (Å²) in [5.41, 5.74) is 2.25. The quantitative estimate of drug-likeness (QED) is 0.664. The van der Waals surface area contributed by atoms with E-state index in [0.717, 1.165) is 15.2 Å². The fourth-order valence-corrected chi connectivity index (χ4v) is 1.27. The van der Waals surface area contributed by atoms with Gasteiger partial charge in [-0.2, -0.15) is 0 Å². The zero-order valence-electron chi connectivity index (χ0n) is 4.83. The standard InChI is InChI=1S/C5H7IN2/c1-3-4(2)8-5(6)7-3/h1-2H3,(H,7,8). The monoisotopic (exact) mass is 222 g/mol. The largest absolute Gasteiger partial charge is 0.337 e. The third-order valence-electron chi connectivity index (χ3n) is 1.10. The van der Waals surface area contributed by atoms with E-state index in [0.29, 0.717) is 0 Å². The van der Waals surface area contributed by atoms with E-state index in [1.807, 2.05) is 13.8 Å². The molecule has 2 nitrogen and oxygen atoms in total. The molecule has 1 aromatic rings. The van der Waals surface area contributed by atoms with Crippen LogP contribution < -0.4 is 0 Å². The van der Waals surface area contributed by atoms with Crippen LogP contribution >= 0.6 is 22.6 Å². The summed E-state index contributed by atoms with van der Waals surface area (Å²) in [5.74, 6) is 0. The topological polar surface area (TPSA) is 28.7 Å². The van der Waals surface area contributed by atoms with Gasteiger partial charge in [-0.1, -0.05) is 0 Å². The molecule has 0 radical (unpaired) electrons. The Hall–Kier alpha value is -0.0600. The zero-order valence-corrected chi connectivity index (χ0v) is 6.98. The smallest absolute Gasteiger partial charge is 0.169 e. The molecule has 0 aliphatic heterocycles. The van der Waals surface area contributed by atoms with Gasteiger partial charge in [0.05, 0.1) is 5.69 Å². The molecule has 8 heavy (non-hydrogen) atoms. The highest BCUT2D eigenvalue weighted by Crippen LogP contribution is 2.03. The highest BCUT2D eigenvalue weighted by atomic mass is 127. The lowest BCUT2D eigenvalue weighted by molar-refractivity contribution is 1.19. The summed E-state index contributed by atoms with van der Waals surface area (Å²) in [6.07, 6.45) is 0. The molecule has 1 aromatic heterocycles. The van der Waals surface area contributed by atoms with Gasteiger partial charge in [0.1, 0.15) is 0 Å². The predicted octanol–water partition coefficient (Wildman–Crippen LogP) is 1.63. The van der Waals surface area contributed by atoms with Gasteiger partial charge < -0.3 is 4.98 Å². The molecule has 0 saturated heterocycles. The van der Waals surface area contributed by atoms with Crippen molar-refractivity contribution >= 4 is 22.6 Å². The van der Waals surface area contributed by atoms with Crippen molar-refractivity contribution in [3.8, 4) is 0 Å². The number of aromatic nitrogens is 2. The molecule has 0 fully saturated rings. The summed E-state index contributed by atoms with van der Waals surface area (Å²) in [7, 11) is 0. The minimum Gasteiger partial charge on any atom is -0.337 e. The van der Waals surface area contributed by atoms with Crippen LogP contribution in [0.1, 0.15) is 11.4 Å². The van der Waals surface area contributed by atoms with Gasteiger partial charge in [-0.05, 0) is 36.4 Å². The van der Waals surface area contributed by atoms with Crippen molar-refractivity contribution in [2.75, 3.05) is 0 Å². The first-order chi connectivity index (χ1) is 3.70. The maximum Gasteiger partial charge on any atom is 0.169 e. The number of hydrogen-bond donors (Lipinski definition) is 1. The van der Waals surface area contributed by atoms with Crippen LogP contribution in [0.5, 0.6) is 0 Å². The maximum atomic E-state index is 4.14. The lowest BCUT2D eigenvalue weighted by atomic mass is 10.4. The summed E-state index contributed by atoms with van der Waals surface area (Å²) in [6.45, 7) is 4.01. The van der Waals surface area contributed by atoms with Crippen molar-refractivity contribution in [2.45, 2.75) is 13.8 Å². The van der Waals surface area contributed by atoms with Crippen LogP contribution in [-0.2, 0) is 0 Å². The Morgan fingerprint density at radius 3 is 2.25 bits per heavy atom. The first kappa shape index (κ1) is 6.07. The van der Waals surface area contributed by atoms with Gasteiger partial charge in [-0.15, -0.1) is 0 Å². The van der Waals surface area contributed by atoms with Crippen LogP contribution in [0.2, 0.25) is 0 Å². The van der Waals surface area contributed by atoms with Crippen molar-refractivity contribution in [1.29, 1.82) is 0 Å². The van der Waals surface area contributed by atoms with Crippen molar-refractivity contribution in [3.05, 3.63) is 15.2 Å². The minimum absolute atomic E-state index is 0.970. The lowest BCUT2D eigenvalue weighted by Gasteiger charge is -1.78. The number of aromatic amines is 1. The number of hydrogen-bond acceptors (Lipinski definition) is 1. The molecule has 3 heteroatoms. The second-order valence-electron chi connectivity index (χ2n) is 1.74. The number of rotatable bonds is 0. The molecule has 0 aliphatic carbocycles. The molecular formula is C5H7IN2. The molecule has 0 atom stereocenters. The SMILES string of the molecule is Cc1nc(I)[nH]c1C. The number of imidazole rings is 1. The fraction of sp³-hybridized carbons (Fsp3) is 0.400. The molecule has 0 amide bonds. The Bertz CT molecular complexity index is 173. The normalized spacial score (nSPS) is 9.88. The average Bonchev–Trinajstić information content (AvgIpc) is 1.85. The Morgan fingerprint density at radius 1 is 1.50 bits per heavy atom. The predicted molar refractivity (Wildman–Crippen MR) is 40.8 cm³/mol. The van der Waals surface area contributed by atoms with Crippen LogP contribution in [0, 0.1) is 17.7 Å². The van der Waals surface area contributed by atoms with Gasteiger partial charge >= 0.3 is 0 Å². The number of aryl methyl sites for hydroxylation is 2. The summed E-state index contributed by atoms with van der Waals surface area (Å²) in [5, 5.41) is 0. The molecule has 1 N–H and O–H groups in total. The number of nitrogens with zero attached hydrogens (tertiary/aromatic N) is 1. The number of H-pyrrole nitrogens is 1. The Balaban J connectivity index is 3.14. The molecule has 1 rings (SSSR count). The van der Waals surface area contributed by atoms with Gasteiger partial charge in [0.15, 0.2) is 3.83 Å². The van der Waals surface area contributed by atoms with Gasteiger partial charge in [-0.3, -0.25) is 0 Å². The van der Waals surface area contributed by atoms with E-state index in [1.54, 1.807) is 0 Å². The van der Waals surface area contributed by atoms with E-state index in [-0.39, 0.29) is 0 Å². The van der Waals surface area contributed by atoms with Crippen LogP contribution in [0.25, 0.3) is 0 Å². The second-order valence-corrected chi connectivity index (χ2v) is 2.76. The summed E-state index contributed by atoms with van der Waals surface area (Å²) >= 11 is 2.16. The molecule has 1 heterocycles. The summed E-state index contributed by atoms with van der Waals surface area (Å²) in [6, 6.07) is 0. The number of halogens is 1. The van der Waals surface area contributed by atoms with Crippen LogP contribution in [0.15, 0.2) is 0 Å². The first-order valence-corrected chi connectivity index (χ1v) is 3.46. The second kappa shape index (κ2) is 2.05. The van der Waals surface area contributed by atoms with E-state index >= 15 is 0 Å². The Kier molecular flexibility index (Phi) is 1.55. The average molecular weight is 222 g/mol. The van der Waals surface area contributed by atoms with E-state index in [4.69, 9.17) is 0 Å². The highest BCUT2D eigenvalue weighted by molar-refractivity contribution is 14.1. The van der Waals surface area contributed by atoms with Crippen LogP contribution in [0.4, 0.5) is 0 Å². The molecule has 0 unspecified atom stereocenters. The van der Waals surface area contributed by atoms with Crippen LogP contribution in [0.3, 0.4) is 0 Å². The van der Waals surface area contributed by atoms with E-state index in [1.165, 1.54) is 0 Å². The molecule has 0 aromatic carbocycles. The zero-order chi connectivity index (χ0) is 6.15. The van der Waals surface area contributed by atoms with Crippen molar-refractivity contribution in [1.82, 2.24) is 9.97 Å². The molecule has 0 bridgehead atoms. The van der Waals surface area contributed by atoms with Crippen molar-refractivity contribution in [3.63, 3.8) is 0 Å². The van der Waals surface area contributed by atoms with Gasteiger partial charge in [0, 0.05) is 5.69 Å². The Labute approximate surface area is 61.9 Å². The summed E-state index contributed by atoms with van der Waals surface area (Å²) in [4.78, 5) is 7.22. The highest BCUT2D eigenvalue weighted by Gasteiger charge is 1.95. The van der Waals surface area contributed by atoms with E-state index in [9.17, 15) is 0 Å². The maximum absolute atomic E-state index is 4.14. The molecule has 0 spiro atoms. The first-order valence-electron chi connectivity index (χ1n) is 2.39. The third kappa shape index (κ3) is 1.02. The van der Waals surface area contributed by atoms with Crippen LogP contribution in [-0.4, -0.2) is 9.97 Å².